The van der Waals surface area contributed by atoms with Crippen molar-refractivity contribution in [2.75, 3.05) is 6.54 Å². The van der Waals surface area contributed by atoms with Crippen molar-refractivity contribution in [3.05, 3.63) is 0 Å². The summed E-state index contributed by atoms with van der Waals surface area (Å²) in [5.41, 5.74) is 4.90. The number of carboxylic acid groups (broad SMARTS) is 1. The van der Waals surface area contributed by atoms with Crippen LogP contribution in [0.2, 0.25) is 0 Å². The number of aliphatic carboxylic acids is 1. The Morgan fingerprint density at radius 1 is 1.28 bits per heavy atom. The standard InChI is InChI=1S/C11H21N3O4/c1-7(2)13-5-3-4-10(16)14-8(11(17)18)6-9(12)15/h7-8,13H,3-6H2,1-2H3,(H2,12,15)(H,14,16)(H,17,18)/t8-/m0/s1. The Balaban J connectivity index is 3.95. The molecule has 0 saturated carbocycles. The molecule has 18 heavy (non-hydrogen) atoms. The van der Waals surface area contributed by atoms with E-state index in [1.54, 1.807) is 0 Å². The lowest BCUT2D eigenvalue weighted by Crippen LogP contribution is -2.43. The number of rotatable bonds is 9. The molecular weight excluding hydrogens is 238 g/mol. The van der Waals surface area contributed by atoms with E-state index >= 15 is 0 Å². The Morgan fingerprint density at radius 2 is 1.89 bits per heavy atom. The fourth-order valence-electron chi connectivity index (χ4n) is 1.31. The largest absolute Gasteiger partial charge is 0.480 e. The van der Waals surface area contributed by atoms with Crippen LogP contribution in [-0.2, 0) is 14.4 Å². The Hall–Kier alpha value is -1.63. The zero-order valence-corrected chi connectivity index (χ0v) is 10.7. The number of nitrogens with two attached hydrogens (primary N) is 1. The van der Waals surface area contributed by atoms with Crippen molar-refractivity contribution in [2.24, 2.45) is 5.73 Å². The van der Waals surface area contributed by atoms with Crippen molar-refractivity contribution in [2.45, 2.75) is 45.2 Å². The van der Waals surface area contributed by atoms with E-state index in [0.717, 1.165) is 0 Å². The molecule has 0 aromatic heterocycles. The molecule has 0 aliphatic heterocycles. The minimum absolute atomic E-state index is 0.211. The van der Waals surface area contributed by atoms with Crippen LogP contribution < -0.4 is 16.4 Å². The van der Waals surface area contributed by atoms with Gasteiger partial charge in [0.15, 0.2) is 0 Å². The van der Waals surface area contributed by atoms with E-state index in [2.05, 4.69) is 10.6 Å². The van der Waals surface area contributed by atoms with E-state index in [1.165, 1.54) is 0 Å². The van der Waals surface area contributed by atoms with Gasteiger partial charge in [0.2, 0.25) is 11.8 Å². The van der Waals surface area contributed by atoms with Crippen LogP contribution >= 0.6 is 0 Å². The summed E-state index contributed by atoms with van der Waals surface area (Å²) in [5.74, 6) is -2.42. The first kappa shape index (κ1) is 16.4. The van der Waals surface area contributed by atoms with Gasteiger partial charge in [-0.05, 0) is 13.0 Å². The van der Waals surface area contributed by atoms with Crippen LogP contribution in [0.4, 0.5) is 0 Å². The SMILES string of the molecule is CC(C)NCCCC(=O)N[C@@H](CC(N)=O)C(=O)O. The zero-order chi connectivity index (χ0) is 14.1. The summed E-state index contributed by atoms with van der Waals surface area (Å²) in [5, 5.41) is 14.2. The van der Waals surface area contributed by atoms with E-state index in [4.69, 9.17) is 10.8 Å². The molecule has 0 rings (SSSR count). The number of amides is 2. The molecule has 104 valence electrons. The van der Waals surface area contributed by atoms with E-state index in [1.807, 2.05) is 13.8 Å². The van der Waals surface area contributed by atoms with Crippen molar-refractivity contribution < 1.29 is 19.5 Å². The molecule has 0 unspecified atom stereocenters. The van der Waals surface area contributed by atoms with Gasteiger partial charge in [0.25, 0.3) is 0 Å². The normalized spacial score (nSPS) is 12.2. The van der Waals surface area contributed by atoms with Gasteiger partial charge in [-0.15, -0.1) is 0 Å². The molecule has 0 aromatic carbocycles. The van der Waals surface area contributed by atoms with Crippen LogP contribution in [0.1, 0.15) is 33.1 Å². The first-order valence-corrected chi connectivity index (χ1v) is 5.86. The predicted molar refractivity (Wildman–Crippen MR) is 65.8 cm³/mol. The third-order valence-electron chi connectivity index (χ3n) is 2.17. The van der Waals surface area contributed by atoms with Gasteiger partial charge in [-0.3, -0.25) is 9.59 Å². The second kappa shape index (κ2) is 8.46. The predicted octanol–water partition coefficient (Wildman–Crippen LogP) is -0.791. The van der Waals surface area contributed by atoms with E-state index in [0.29, 0.717) is 19.0 Å². The molecule has 7 nitrogen and oxygen atoms in total. The first-order valence-electron chi connectivity index (χ1n) is 5.86. The molecule has 7 heteroatoms. The Labute approximate surface area is 106 Å². The average Bonchev–Trinajstić information content (AvgIpc) is 2.22. The van der Waals surface area contributed by atoms with Gasteiger partial charge in [-0.2, -0.15) is 0 Å². The zero-order valence-electron chi connectivity index (χ0n) is 10.7. The molecule has 0 saturated heterocycles. The lowest BCUT2D eigenvalue weighted by molar-refractivity contribution is -0.143. The van der Waals surface area contributed by atoms with Gasteiger partial charge < -0.3 is 21.5 Å². The van der Waals surface area contributed by atoms with Gasteiger partial charge in [0, 0.05) is 12.5 Å². The molecule has 1 atom stereocenters. The van der Waals surface area contributed by atoms with Crippen LogP contribution in [0, 0.1) is 0 Å². The van der Waals surface area contributed by atoms with Crippen molar-refractivity contribution >= 4 is 17.8 Å². The monoisotopic (exact) mass is 259 g/mol. The maximum Gasteiger partial charge on any atom is 0.326 e. The number of carboxylic acids is 1. The highest BCUT2D eigenvalue weighted by molar-refractivity contribution is 5.88. The second-order valence-corrected chi connectivity index (χ2v) is 4.34. The summed E-state index contributed by atoms with van der Waals surface area (Å²) < 4.78 is 0. The van der Waals surface area contributed by atoms with Gasteiger partial charge in [-0.1, -0.05) is 13.8 Å². The minimum atomic E-state index is -1.26. The van der Waals surface area contributed by atoms with Crippen molar-refractivity contribution in [3.63, 3.8) is 0 Å². The molecule has 0 aliphatic carbocycles. The van der Waals surface area contributed by atoms with Crippen LogP contribution in [0.5, 0.6) is 0 Å². The van der Waals surface area contributed by atoms with Crippen LogP contribution in [0.25, 0.3) is 0 Å². The summed E-state index contributed by atoms with van der Waals surface area (Å²) >= 11 is 0. The fourth-order valence-corrected chi connectivity index (χ4v) is 1.31. The lowest BCUT2D eigenvalue weighted by atomic mass is 10.2. The fraction of sp³-hybridized carbons (Fsp3) is 0.727. The van der Waals surface area contributed by atoms with Gasteiger partial charge in [0.05, 0.1) is 6.42 Å². The molecule has 0 aliphatic rings. The van der Waals surface area contributed by atoms with Crippen molar-refractivity contribution in [3.8, 4) is 0 Å². The number of nitrogens with one attached hydrogen (secondary N) is 2. The summed E-state index contributed by atoms with van der Waals surface area (Å²) in [7, 11) is 0. The van der Waals surface area contributed by atoms with Gasteiger partial charge in [-0.25, -0.2) is 4.79 Å². The molecular formula is C11H21N3O4. The molecule has 0 heterocycles. The number of primary amides is 1. The highest BCUT2D eigenvalue weighted by Crippen LogP contribution is 1.95. The van der Waals surface area contributed by atoms with Crippen molar-refractivity contribution in [1.29, 1.82) is 0 Å². The molecule has 0 fully saturated rings. The number of carbonyl (C=O) groups excluding carboxylic acids is 2. The van der Waals surface area contributed by atoms with Crippen molar-refractivity contribution in [1.82, 2.24) is 10.6 Å². The Morgan fingerprint density at radius 3 is 2.33 bits per heavy atom. The second-order valence-electron chi connectivity index (χ2n) is 4.34. The minimum Gasteiger partial charge on any atom is -0.480 e. The maximum atomic E-state index is 11.4. The topological polar surface area (TPSA) is 122 Å². The molecule has 2 amide bonds. The van der Waals surface area contributed by atoms with Gasteiger partial charge in [0.1, 0.15) is 6.04 Å². The van der Waals surface area contributed by atoms with E-state index < -0.39 is 30.2 Å². The molecule has 0 aromatic rings. The average molecular weight is 259 g/mol. The first-order chi connectivity index (χ1) is 8.32. The smallest absolute Gasteiger partial charge is 0.326 e. The molecule has 0 spiro atoms. The summed E-state index contributed by atoms with van der Waals surface area (Å²) in [6, 6.07) is -0.900. The quantitative estimate of drug-likeness (QED) is 0.404. The van der Waals surface area contributed by atoms with Crippen LogP contribution in [0.15, 0.2) is 0 Å². The van der Waals surface area contributed by atoms with E-state index in [9.17, 15) is 14.4 Å². The highest BCUT2D eigenvalue weighted by atomic mass is 16.4. The Bertz CT molecular complexity index is 305. The van der Waals surface area contributed by atoms with Gasteiger partial charge >= 0.3 is 5.97 Å². The third kappa shape index (κ3) is 8.51. The summed E-state index contributed by atoms with van der Waals surface area (Å²) in [4.78, 5) is 32.8. The number of hydrogen-bond acceptors (Lipinski definition) is 4. The van der Waals surface area contributed by atoms with Crippen LogP contribution in [-0.4, -0.2) is 41.5 Å². The lowest BCUT2D eigenvalue weighted by Gasteiger charge is -2.13. The molecule has 5 N–H and O–H groups in total. The number of carbonyl (C=O) groups is 3. The maximum absolute atomic E-state index is 11.4. The third-order valence-corrected chi connectivity index (χ3v) is 2.17. The molecule has 0 bridgehead atoms. The summed E-state index contributed by atoms with van der Waals surface area (Å²) in [6.45, 7) is 4.67. The Kier molecular flexibility index (Phi) is 7.69. The highest BCUT2D eigenvalue weighted by Gasteiger charge is 2.21. The molecule has 0 radical (unpaired) electrons. The number of hydrogen-bond donors (Lipinski definition) is 4. The summed E-state index contributed by atoms with van der Waals surface area (Å²) in [6.07, 6.45) is 0.417. The van der Waals surface area contributed by atoms with Crippen LogP contribution in [0.3, 0.4) is 0 Å². The van der Waals surface area contributed by atoms with E-state index in [-0.39, 0.29) is 6.42 Å².